The van der Waals surface area contributed by atoms with Crippen molar-refractivity contribution >= 4 is 82.8 Å². The highest BCUT2D eigenvalue weighted by atomic mass is 16.1. The van der Waals surface area contributed by atoms with Gasteiger partial charge in [-0.2, -0.15) is 0 Å². The van der Waals surface area contributed by atoms with Crippen LogP contribution in [0.1, 0.15) is 6.92 Å². The summed E-state index contributed by atoms with van der Waals surface area (Å²) in [4.78, 5) is 45.9. The fourth-order valence-corrected chi connectivity index (χ4v) is 8.84. The Morgan fingerprint density at radius 1 is 0.411 bits per heavy atom. The number of anilines is 2. The second-order valence-electron chi connectivity index (χ2n) is 17.9. The molecule has 8 aromatic heterocycles. The molecule has 0 aliphatic rings. The highest BCUT2D eigenvalue weighted by Crippen LogP contribution is 2.29. The summed E-state index contributed by atoms with van der Waals surface area (Å²) in [5.74, 6) is 0.292. The fourth-order valence-electron chi connectivity index (χ4n) is 8.84. The molecule has 356 valence electrons. The van der Waals surface area contributed by atoms with Crippen molar-refractivity contribution in [2.45, 2.75) is 6.92 Å². The van der Waals surface area contributed by atoms with E-state index in [-0.39, 0.29) is 5.91 Å². The van der Waals surface area contributed by atoms with Gasteiger partial charge in [-0.3, -0.25) is 9.78 Å². The van der Waals surface area contributed by atoms with E-state index in [1.807, 2.05) is 86.1 Å². The molecule has 0 aliphatic heterocycles. The van der Waals surface area contributed by atoms with E-state index in [9.17, 15) is 4.79 Å². The number of carbonyl (C=O) groups is 1. The number of aromatic nitrogens is 9. The van der Waals surface area contributed by atoms with Gasteiger partial charge in [0.05, 0.1) is 41.4 Å². The first-order valence-corrected chi connectivity index (χ1v) is 24.0. The molecule has 14 aromatic rings. The van der Waals surface area contributed by atoms with E-state index in [0.717, 1.165) is 50.6 Å². The monoisotopic (exact) mass is 953 g/mol. The van der Waals surface area contributed by atoms with Crippen LogP contribution in [0.3, 0.4) is 0 Å². The van der Waals surface area contributed by atoms with Crippen LogP contribution in [-0.2, 0) is 4.79 Å². The smallest absolute Gasteiger partial charge is 0.222 e. The number of H-pyrrole nitrogens is 6. The largest absolute Gasteiger partial charge is 0.376 e. The van der Waals surface area contributed by atoms with E-state index in [0.29, 0.717) is 5.82 Å². The summed E-state index contributed by atoms with van der Waals surface area (Å²) in [7, 11) is 4.03. The van der Waals surface area contributed by atoms with Crippen LogP contribution in [-0.4, -0.2) is 64.9 Å². The number of nitrogens with one attached hydrogen (secondary N) is 7. The van der Waals surface area contributed by atoms with Crippen molar-refractivity contribution in [1.82, 2.24) is 44.9 Å². The first kappa shape index (κ1) is 45.5. The minimum absolute atomic E-state index is 0.160. The van der Waals surface area contributed by atoms with Gasteiger partial charge in [0.1, 0.15) is 5.69 Å². The second-order valence-corrected chi connectivity index (χ2v) is 17.9. The number of hydrogen-bond donors (Lipinski definition) is 7. The van der Waals surface area contributed by atoms with E-state index in [1.165, 1.54) is 72.7 Å². The molecule has 6 aromatic carbocycles. The zero-order valence-electron chi connectivity index (χ0n) is 40.4. The summed E-state index contributed by atoms with van der Waals surface area (Å²) in [6, 6.07) is 62.8. The third-order valence-corrected chi connectivity index (χ3v) is 12.6. The van der Waals surface area contributed by atoms with Crippen molar-refractivity contribution in [2.24, 2.45) is 0 Å². The number of rotatable bonds is 6. The number of para-hydroxylation sites is 4. The van der Waals surface area contributed by atoms with Gasteiger partial charge < -0.3 is 40.1 Å². The molecule has 14 rings (SSSR count). The van der Waals surface area contributed by atoms with Gasteiger partial charge in [-0.1, -0.05) is 91.0 Å². The number of hydrogen-bond acceptors (Lipinski definition) is 5. The van der Waals surface area contributed by atoms with Gasteiger partial charge in [-0.05, 0) is 102 Å². The Morgan fingerprint density at radius 3 is 1.41 bits per heavy atom. The molecule has 1 amide bonds. The van der Waals surface area contributed by atoms with Gasteiger partial charge in [0, 0.05) is 110 Å². The standard InChI is InChI=1S/2C16H12N2.C15H15N3.C14H12N4O/c1-2-4-14-12(3-1)10-16(18-14)13-6-5-11-7-8-17-15(11)9-13;1-2-4-15-11(3-1)10-16(18-15)12-5-6-14-13(9-12)7-8-17-14;1-18(2)12-7-8-14(16-10-12)15-9-11-5-3-4-6-13(11)17-15;1-9(19)17-14-8-15-13(7-16-14)12-6-10-4-2-3-5-11(10)18-12/h2*1-10,17-18H;3-10,17H,1-2H3;2-8,18H,1H3,(H,16,17,19). The van der Waals surface area contributed by atoms with Crippen LogP contribution in [0.2, 0.25) is 0 Å². The Balaban J connectivity index is 0.000000105. The van der Waals surface area contributed by atoms with Gasteiger partial charge in [-0.25, -0.2) is 9.97 Å². The Bertz CT molecular complexity index is 3870. The second kappa shape index (κ2) is 20.2. The summed E-state index contributed by atoms with van der Waals surface area (Å²) in [5, 5.41) is 9.92. The van der Waals surface area contributed by atoms with Gasteiger partial charge in [0.15, 0.2) is 5.82 Å². The van der Waals surface area contributed by atoms with Crippen molar-refractivity contribution in [3.63, 3.8) is 0 Å². The van der Waals surface area contributed by atoms with Crippen LogP contribution in [0.25, 0.3) is 111 Å². The number of pyridine rings is 1. The summed E-state index contributed by atoms with van der Waals surface area (Å²) < 4.78 is 0. The lowest BCUT2D eigenvalue weighted by atomic mass is 10.1. The van der Waals surface area contributed by atoms with E-state index in [1.54, 1.807) is 12.4 Å². The molecule has 7 N–H and O–H groups in total. The van der Waals surface area contributed by atoms with Crippen LogP contribution >= 0.6 is 0 Å². The highest BCUT2D eigenvalue weighted by molar-refractivity contribution is 5.92. The molecule has 0 aliphatic carbocycles. The molecule has 0 unspecified atom stereocenters. The van der Waals surface area contributed by atoms with Crippen molar-refractivity contribution in [1.29, 1.82) is 0 Å². The first-order valence-electron chi connectivity index (χ1n) is 24.0. The van der Waals surface area contributed by atoms with Gasteiger partial charge >= 0.3 is 0 Å². The molecule has 0 fully saturated rings. The Morgan fingerprint density at radius 2 is 0.890 bits per heavy atom. The van der Waals surface area contributed by atoms with Gasteiger partial charge in [-0.15, -0.1) is 0 Å². The quantitative estimate of drug-likeness (QED) is 0.0880. The molecule has 0 saturated heterocycles. The maximum atomic E-state index is 10.9. The molecule has 0 saturated carbocycles. The summed E-state index contributed by atoms with van der Waals surface area (Å²) in [5.41, 5.74) is 16.4. The topological polar surface area (TPSA) is 166 Å². The molecule has 73 heavy (non-hydrogen) atoms. The molecule has 8 heterocycles. The first-order chi connectivity index (χ1) is 35.8. The third-order valence-electron chi connectivity index (χ3n) is 12.6. The number of carbonyl (C=O) groups excluding carboxylic acids is 1. The summed E-state index contributed by atoms with van der Waals surface area (Å²) in [6.07, 6.45) is 9.01. The van der Waals surface area contributed by atoms with E-state index < -0.39 is 0 Å². The fraction of sp³-hybridized carbons (Fsp3) is 0.0492. The average Bonchev–Trinajstić information content (AvgIpc) is 4.30. The molecule has 0 radical (unpaired) electrons. The van der Waals surface area contributed by atoms with Crippen LogP contribution in [0.4, 0.5) is 11.5 Å². The number of amides is 1. The summed E-state index contributed by atoms with van der Waals surface area (Å²) >= 11 is 0. The van der Waals surface area contributed by atoms with Crippen molar-refractivity contribution in [3.05, 3.63) is 213 Å². The van der Waals surface area contributed by atoms with E-state index in [2.05, 4.69) is 184 Å². The maximum Gasteiger partial charge on any atom is 0.222 e. The predicted molar refractivity (Wildman–Crippen MR) is 301 cm³/mol. The lowest BCUT2D eigenvalue weighted by Gasteiger charge is -2.11. The van der Waals surface area contributed by atoms with Crippen LogP contribution in [0.5, 0.6) is 0 Å². The molecular formula is C61H51N11O. The number of benzene rings is 6. The van der Waals surface area contributed by atoms with E-state index >= 15 is 0 Å². The minimum Gasteiger partial charge on any atom is -0.376 e. The average molecular weight is 954 g/mol. The predicted octanol–water partition coefficient (Wildman–Crippen LogP) is 14.5. The van der Waals surface area contributed by atoms with E-state index in [4.69, 9.17) is 0 Å². The van der Waals surface area contributed by atoms with Crippen LogP contribution in [0.15, 0.2) is 213 Å². The Labute approximate surface area is 420 Å². The molecule has 12 heteroatoms. The zero-order chi connectivity index (χ0) is 49.7. The van der Waals surface area contributed by atoms with Gasteiger partial charge in [0.2, 0.25) is 5.91 Å². The molecule has 12 nitrogen and oxygen atoms in total. The molecule has 0 atom stereocenters. The lowest BCUT2D eigenvalue weighted by molar-refractivity contribution is -0.114. The summed E-state index contributed by atoms with van der Waals surface area (Å²) in [6.45, 7) is 1.44. The number of fused-ring (bicyclic) bond motifs is 6. The van der Waals surface area contributed by atoms with Crippen LogP contribution in [0, 0.1) is 0 Å². The third kappa shape index (κ3) is 10.2. The lowest BCUT2D eigenvalue weighted by Crippen LogP contribution is -2.08. The Kier molecular flexibility index (Phi) is 12.6. The molecule has 0 spiro atoms. The minimum atomic E-state index is -0.160. The number of aromatic amines is 6. The van der Waals surface area contributed by atoms with Crippen molar-refractivity contribution in [2.75, 3.05) is 24.3 Å². The normalized spacial score (nSPS) is 11.0. The SMILES string of the molecule is CC(=O)Nc1cnc(-c2cc3ccccc3[nH]2)cn1.CN(C)c1ccc(-c2cc3ccccc3[nH]2)nc1.c1ccc2[nH]c(-c3ccc4[nH]ccc4c3)cc2c1.c1ccc2[nH]c(-c3ccc4cc[nH]c4c3)cc2c1. The molecule has 0 bridgehead atoms. The maximum absolute atomic E-state index is 10.9. The van der Waals surface area contributed by atoms with Gasteiger partial charge in [0.25, 0.3) is 0 Å². The van der Waals surface area contributed by atoms with Crippen molar-refractivity contribution in [3.8, 4) is 45.3 Å². The van der Waals surface area contributed by atoms with Crippen molar-refractivity contribution < 1.29 is 4.79 Å². The zero-order valence-corrected chi connectivity index (χ0v) is 40.4. The Hall–Kier alpha value is -9.94. The highest BCUT2D eigenvalue weighted by Gasteiger charge is 2.09. The number of nitrogens with zero attached hydrogens (tertiary/aromatic N) is 4. The van der Waals surface area contributed by atoms with Crippen LogP contribution < -0.4 is 10.2 Å². The molecular weight excluding hydrogens is 903 g/mol.